The Morgan fingerprint density at radius 1 is 1.07 bits per heavy atom. The zero-order valence-electron chi connectivity index (χ0n) is 8.05. The first kappa shape index (κ1) is 12.8. The summed E-state index contributed by atoms with van der Waals surface area (Å²) in [7, 11) is 0. The van der Waals surface area contributed by atoms with Gasteiger partial charge in [0.25, 0.3) is 0 Å². The number of hydrogen-bond donors (Lipinski definition) is 2. The first-order valence-electron chi connectivity index (χ1n) is 4.13. The minimum absolute atomic E-state index is 0.361. The minimum Gasteiger partial charge on any atom is -0.369 e. The van der Waals surface area contributed by atoms with Crippen LogP contribution in [0.1, 0.15) is 16.8 Å². The summed E-state index contributed by atoms with van der Waals surface area (Å²) in [5.74, 6) is -1.37. The maximum Gasteiger partial charge on any atom is 0.226 e. The number of benzene rings is 1. The molecule has 5 nitrogen and oxygen atoms in total. The fourth-order valence-electron chi connectivity index (χ4n) is 0.703. The van der Waals surface area contributed by atoms with Gasteiger partial charge in [-0.2, -0.15) is 0 Å². The molecule has 1 aromatic rings. The molecule has 2 amide bonds. The Labute approximate surface area is 87.1 Å². The predicted octanol–water partition coefficient (Wildman–Crippen LogP) is -0.154. The van der Waals surface area contributed by atoms with Crippen LogP contribution in [0.15, 0.2) is 30.3 Å². The minimum atomic E-state index is -0.687. The summed E-state index contributed by atoms with van der Waals surface area (Å²) in [4.78, 5) is 29.5. The summed E-state index contributed by atoms with van der Waals surface area (Å²) in [6.45, 7) is 0. The monoisotopic (exact) mass is 208 g/mol. The normalized spacial score (nSPS) is 8.27. The molecular weight excluding hydrogens is 196 g/mol. The molecule has 0 saturated heterocycles. The number of hydrogen-bond acceptors (Lipinski definition) is 3. The number of aldehydes is 1. The highest BCUT2D eigenvalue weighted by atomic mass is 16.2. The van der Waals surface area contributed by atoms with E-state index in [-0.39, 0.29) is 6.42 Å². The van der Waals surface area contributed by atoms with E-state index < -0.39 is 11.8 Å². The van der Waals surface area contributed by atoms with Gasteiger partial charge in [0.1, 0.15) is 12.7 Å². The van der Waals surface area contributed by atoms with Crippen LogP contribution < -0.4 is 11.5 Å². The SMILES string of the molecule is NC(=O)CC(N)=O.O=Cc1ccccc1. The summed E-state index contributed by atoms with van der Waals surface area (Å²) in [6, 6.07) is 9.10. The molecule has 0 radical (unpaired) electrons. The van der Waals surface area contributed by atoms with Crippen molar-refractivity contribution < 1.29 is 14.4 Å². The van der Waals surface area contributed by atoms with Gasteiger partial charge in [-0.05, 0) is 0 Å². The van der Waals surface area contributed by atoms with Crippen molar-refractivity contribution in [2.45, 2.75) is 6.42 Å². The second kappa shape index (κ2) is 7.25. The van der Waals surface area contributed by atoms with Crippen molar-refractivity contribution in [3.63, 3.8) is 0 Å². The van der Waals surface area contributed by atoms with Gasteiger partial charge in [-0.15, -0.1) is 0 Å². The van der Waals surface area contributed by atoms with Gasteiger partial charge < -0.3 is 11.5 Å². The lowest BCUT2D eigenvalue weighted by Gasteiger charge is -1.82. The van der Waals surface area contributed by atoms with Gasteiger partial charge in [-0.25, -0.2) is 0 Å². The van der Waals surface area contributed by atoms with Crippen LogP contribution in [-0.2, 0) is 9.59 Å². The molecule has 0 unspecified atom stereocenters. The lowest BCUT2D eigenvalue weighted by Crippen LogP contribution is -2.21. The van der Waals surface area contributed by atoms with Crippen LogP contribution in [0.25, 0.3) is 0 Å². The van der Waals surface area contributed by atoms with Gasteiger partial charge in [0.15, 0.2) is 0 Å². The van der Waals surface area contributed by atoms with Crippen molar-refractivity contribution in [2.24, 2.45) is 11.5 Å². The maximum atomic E-state index is 10.0. The molecule has 0 heterocycles. The van der Waals surface area contributed by atoms with Crippen molar-refractivity contribution in [1.82, 2.24) is 0 Å². The highest BCUT2D eigenvalue weighted by Crippen LogP contribution is 1.91. The third kappa shape index (κ3) is 8.17. The van der Waals surface area contributed by atoms with Gasteiger partial charge in [0.05, 0.1) is 0 Å². The van der Waals surface area contributed by atoms with Crippen molar-refractivity contribution in [1.29, 1.82) is 0 Å². The van der Waals surface area contributed by atoms with Crippen molar-refractivity contribution in [3.05, 3.63) is 35.9 Å². The van der Waals surface area contributed by atoms with Crippen LogP contribution in [-0.4, -0.2) is 18.1 Å². The van der Waals surface area contributed by atoms with Gasteiger partial charge in [0.2, 0.25) is 11.8 Å². The molecule has 0 fully saturated rings. The lowest BCUT2D eigenvalue weighted by atomic mass is 10.2. The predicted molar refractivity (Wildman–Crippen MR) is 54.8 cm³/mol. The fourth-order valence-corrected chi connectivity index (χ4v) is 0.703. The van der Waals surface area contributed by atoms with E-state index in [1.165, 1.54) is 0 Å². The van der Waals surface area contributed by atoms with Crippen molar-refractivity contribution in [3.8, 4) is 0 Å². The molecule has 0 saturated carbocycles. The van der Waals surface area contributed by atoms with Gasteiger partial charge >= 0.3 is 0 Å². The van der Waals surface area contributed by atoms with Crippen molar-refractivity contribution in [2.75, 3.05) is 0 Å². The number of rotatable bonds is 3. The molecule has 0 aliphatic carbocycles. The number of amides is 2. The average Bonchev–Trinajstić information content (AvgIpc) is 2.18. The molecular formula is C10H12N2O3. The molecule has 0 spiro atoms. The van der Waals surface area contributed by atoms with E-state index in [1.54, 1.807) is 12.1 Å². The Kier molecular flexibility index (Phi) is 6.20. The zero-order chi connectivity index (χ0) is 11.7. The van der Waals surface area contributed by atoms with Crippen LogP contribution in [0.2, 0.25) is 0 Å². The van der Waals surface area contributed by atoms with Crippen molar-refractivity contribution >= 4 is 18.1 Å². The molecule has 1 rings (SSSR count). The van der Waals surface area contributed by atoms with E-state index in [0.29, 0.717) is 0 Å². The van der Waals surface area contributed by atoms with Crippen LogP contribution in [0, 0.1) is 0 Å². The maximum absolute atomic E-state index is 10.0. The highest BCUT2D eigenvalue weighted by molar-refractivity contribution is 5.95. The summed E-state index contributed by atoms with van der Waals surface area (Å²) in [6.07, 6.45) is 0.472. The number of nitrogens with two attached hydrogens (primary N) is 2. The van der Waals surface area contributed by atoms with Crippen LogP contribution >= 0.6 is 0 Å². The second-order valence-corrected chi connectivity index (χ2v) is 2.64. The third-order valence-corrected chi connectivity index (χ3v) is 1.28. The standard InChI is InChI=1S/C7H6O.C3H6N2O2/c8-6-7-4-2-1-3-5-7;4-2(6)1-3(5)7/h1-6H;1H2,(H2,4,6)(H2,5,7). The van der Waals surface area contributed by atoms with E-state index >= 15 is 0 Å². The number of primary amides is 2. The van der Waals surface area contributed by atoms with Gasteiger partial charge in [0, 0.05) is 5.56 Å². The van der Waals surface area contributed by atoms with E-state index in [0.717, 1.165) is 11.8 Å². The molecule has 0 aliphatic heterocycles. The second-order valence-electron chi connectivity index (χ2n) is 2.64. The molecule has 4 N–H and O–H groups in total. The molecule has 0 aromatic heterocycles. The van der Waals surface area contributed by atoms with Crippen LogP contribution in [0.3, 0.4) is 0 Å². The molecule has 5 heteroatoms. The average molecular weight is 208 g/mol. The number of carbonyl (C=O) groups excluding carboxylic acids is 3. The fraction of sp³-hybridized carbons (Fsp3) is 0.100. The molecule has 0 atom stereocenters. The zero-order valence-corrected chi connectivity index (χ0v) is 8.05. The molecule has 15 heavy (non-hydrogen) atoms. The molecule has 80 valence electrons. The quantitative estimate of drug-likeness (QED) is 0.533. The van der Waals surface area contributed by atoms with Crippen LogP contribution in [0.5, 0.6) is 0 Å². The Bertz CT molecular complexity index is 324. The lowest BCUT2D eigenvalue weighted by molar-refractivity contribution is -0.125. The molecule has 0 aliphatic rings. The van der Waals surface area contributed by atoms with E-state index in [1.807, 2.05) is 18.2 Å². The van der Waals surface area contributed by atoms with E-state index in [2.05, 4.69) is 11.5 Å². The summed E-state index contributed by atoms with van der Waals surface area (Å²) < 4.78 is 0. The Morgan fingerprint density at radius 2 is 1.53 bits per heavy atom. The van der Waals surface area contributed by atoms with E-state index in [4.69, 9.17) is 0 Å². The third-order valence-electron chi connectivity index (χ3n) is 1.28. The van der Waals surface area contributed by atoms with E-state index in [9.17, 15) is 14.4 Å². The highest BCUT2D eigenvalue weighted by Gasteiger charge is 1.96. The summed E-state index contributed by atoms with van der Waals surface area (Å²) >= 11 is 0. The summed E-state index contributed by atoms with van der Waals surface area (Å²) in [5.41, 5.74) is 9.84. The first-order valence-corrected chi connectivity index (χ1v) is 4.13. The van der Waals surface area contributed by atoms with Gasteiger partial charge in [-0.3, -0.25) is 14.4 Å². The van der Waals surface area contributed by atoms with Crippen LogP contribution in [0.4, 0.5) is 0 Å². The van der Waals surface area contributed by atoms with Gasteiger partial charge in [-0.1, -0.05) is 30.3 Å². The Morgan fingerprint density at radius 3 is 1.73 bits per heavy atom. The molecule has 1 aromatic carbocycles. The first-order chi connectivity index (χ1) is 7.06. The Balaban J connectivity index is 0.000000265. The summed E-state index contributed by atoms with van der Waals surface area (Å²) in [5, 5.41) is 0. The smallest absolute Gasteiger partial charge is 0.226 e. The Hall–Kier alpha value is -2.17. The topological polar surface area (TPSA) is 103 Å². The number of carbonyl (C=O) groups is 3. The largest absolute Gasteiger partial charge is 0.369 e. The molecule has 0 bridgehead atoms.